The summed E-state index contributed by atoms with van der Waals surface area (Å²) >= 11 is 6.93. The standard InChI is InChI=1S/C23H24ClN3O4S2/c24-16-11-13-17(14-12-16)25-21(28)15-20-22(29)27(18-7-3-1-4-8-18)23(32-20)26-33(30,31)19-9-5-2-6-10-19/h2,5-6,9-14,18,20H,1,3-4,7-8,15H2,(H,25,28)/t20-/m0/s1. The van der Waals surface area contributed by atoms with Crippen LogP contribution < -0.4 is 5.32 Å². The fourth-order valence-corrected chi connectivity index (χ4v) is 6.56. The fraction of sp³-hybridized carbons (Fsp3) is 0.348. The predicted octanol–water partition coefficient (Wildman–Crippen LogP) is 4.69. The lowest BCUT2D eigenvalue weighted by Crippen LogP contribution is -2.42. The van der Waals surface area contributed by atoms with Gasteiger partial charge in [-0.25, -0.2) is 0 Å². The number of hydrogen-bond acceptors (Lipinski definition) is 5. The van der Waals surface area contributed by atoms with Gasteiger partial charge in [-0.1, -0.05) is 60.8 Å². The second-order valence-electron chi connectivity index (χ2n) is 8.03. The van der Waals surface area contributed by atoms with Crippen LogP contribution >= 0.6 is 23.4 Å². The van der Waals surface area contributed by atoms with Crippen molar-refractivity contribution in [3.63, 3.8) is 0 Å². The Morgan fingerprint density at radius 2 is 1.73 bits per heavy atom. The quantitative estimate of drug-likeness (QED) is 0.614. The van der Waals surface area contributed by atoms with Crippen LogP contribution in [0.3, 0.4) is 0 Å². The molecule has 4 rings (SSSR count). The monoisotopic (exact) mass is 505 g/mol. The molecule has 0 unspecified atom stereocenters. The highest BCUT2D eigenvalue weighted by Gasteiger charge is 2.43. The van der Waals surface area contributed by atoms with Crippen molar-refractivity contribution >= 4 is 56.1 Å². The van der Waals surface area contributed by atoms with Crippen molar-refractivity contribution in [1.82, 2.24) is 4.90 Å². The average Bonchev–Trinajstić information content (AvgIpc) is 3.10. The van der Waals surface area contributed by atoms with Gasteiger partial charge in [-0.05, 0) is 49.2 Å². The summed E-state index contributed by atoms with van der Waals surface area (Å²) in [6.45, 7) is 0. The van der Waals surface area contributed by atoms with Gasteiger partial charge in [0.05, 0.1) is 4.90 Å². The first-order valence-electron chi connectivity index (χ1n) is 10.8. The number of thioether (sulfide) groups is 1. The first-order chi connectivity index (χ1) is 15.8. The molecule has 1 aliphatic carbocycles. The van der Waals surface area contributed by atoms with E-state index in [9.17, 15) is 18.0 Å². The van der Waals surface area contributed by atoms with Gasteiger partial charge < -0.3 is 5.32 Å². The molecule has 2 aromatic rings. The number of rotatable bonds is 6. The number of hydrogen-bond donors (Lipinski definition) is 1. The molecule has 0 spiro atoms. The summed E-state index contributed by atoms with van der Waals surface area (Å²) in [6.07, 6.45) is 4.53. The van der Waals surface area contributed by atoms with E-state index in [-0.39, 0.29) is 34.3 Å². The lowest BCUT2D eigenvalue weighted by molar-refractivity contribution is -0.130. The fourth-order valence-electron chi connectivity index (χ4n) is 4.02. The van der Waals surface area contributed by atoms with E-state index in [0.717, 1.165) is 43.9 Å². The van der Waals surface area contributed by atoms with Gasteiger partial charge in [0.25, 0.3) is 10.0 Å². The zero-order chi connectivity index (χ0) is 23.4. The minimum absolute atomic E-state index is 0.0677. The molecule has 2 amide bonds. The van der Waals surface area contributed by atoms with Crippen LogP contribution in [0.25, 0.3) is 0 Å². The van der Waals surface area contributed by atoms with Crippen LogP contribution in [0.5, 0.6) is 0 Å². The molecule has 2 aromatic carbocycles. The van der Waals surface area contributed by atoms with Gasteiger partial charge in [0.15, 0.2) is 5.17 Å². The van der Waals surface area contributed by atoms with E-state index >= 15 is 0 Å². The van der Waals surface area contributed by atoms with Crippen molar-refractivity contribution in [2.75, 3.05) is 5.32 Å². The van der Waals surface area contributed by atoms with Crippen LogP contribution in [0, 0.1) is 0 Å². The summed E-state index contributed by atoms with van der Waals surface area (Å²) < 4.78 is 29.8. The average molecular weight is 506 g/mol. The number of amides is 2. The summed E-state index contributed by atoms with van der Waals surface area (Å²) in [5, 5.41) is 2.73. The molecule has 2 aliphatic rings. The molecule has 0 radical (unpaired) electrons. The molecule has 10 heteroatoms. The largest absolute Gasteiger partial charge is 0.326 e. The second-order valence-corrected chi connectivity index (χ2v) is 11.2. The molecule has 7 nitrogen and oxygen atoms in total. The van der Waals surface area contributed by atoms with Gasteiger partial charge in [-0.15, -0.1) is 4.40 Å². The van der Waals surface area contributed by atoms with Crippen LogP contribution in [-0.4, -0.2) is 41.6 Å². The molecule has 1 heterocycles. The molecule has 1 saturated heterocycles. The number of sulfonamides is 1. The summed E-state index contributed by atoms with van der Waals surface area (Å²) in [6, 6.07) is 14.5. The Balaban J connectivity index is 1.56. The van der Waals surface area contributed by atoms with E-state index in [1.54, 1.807) is 42.5 Å². The Bertz CT molecular complexity index is 1150. The highest BCUT2D eigenvalue weighted by Crippen LogP contribution is 2.36. The van der Waals surface area contributed by atoms with Crippen molar-refractivity contribution in [3.8, 4) is 0 Å². The summed E-state index contributed by atoms with van der Waals surface area (Å²) in [5.41, 5.74) is 0.574. The number of benzene rings is 2. The molecule has 33 heavy (non-hydrogen) atoms. The molecule has 1 atom stereocenters. The van der Waals surface area contributed by atoms with Gasteiger partial charge in [-0.3, -0.25) is 14.5 Å². The summed E-state index contributed by atoms with van der Waals surface area (Å²) in [4.78, 5) is 27.5. The van der Waals surface area contributed by atoms with E-state index in [1.165, 1.54) is 17.0 Å². The maximum Gasteiger partial charge on any atom is 0.284 e. The van der Waals surface area contributed by atoms with E-state index in [1.807, 2.05) is 0 Å². The minimum atomic E-state index is -3.98. The molecule has 1 aliphatic heterocycles. The SMILES string of the molecule is O=C(C[C@@H]1SC(=NS(=O)(=O)c2ccccc2)N(C2CCCCC2)C1=O)Nc1ccc(Cl)cc1. The maximum absolute atomic E-state index is 13.3. The van der Waals surface area contributed by atoms with E-state index < -0.39 is 15.3 Å². The van der Waals surface area contributed by atoms with Gasteiger partial charge in [0, 0.05) is 23.2 Å². The lowest BCUT2D eigenvalue weighted by atomic mass is 9.94. The van der Waals surface area contributed by atoms with Crippen molar-refractivity contribution in [2.24, 2.45) is 4.40 Å². The predicted molar refractivity (Wildman–Crippen MR) is 131 cm³/mol. The van der Waals surface area contributed by atoms with Crippen molar-refractivity contribution in [3.05, 3.63) is 59.6 Å². The highest BCUT2D eigenvalue weighted by molar-refractivity contribution is 8.16. The normalized spacial score (nSPS) is 20.9. The zero-order valence-electron chi connectivity index (χ0n) is 17.8. The highest BCUT2D eigenvalue weighted by atomic mass is 35.5. The molecule has 1 saturated carbocycles. The van der Waals surface area contributed by atoms with Crippen LogP contribution in [0.2, 0.25) is 5.02 Å². The third-order valence-corrected chi connectivity index (χ3v) is 8.44. The number of nitrogens with one attached hydrogen (secondary N) is 1. The summed E-state index contributed by atoms with van der Waals surface area (Å²) in [7, 11) is -3.98. The number of halogens is 1. The number of carbonyl (C=O) groups excluding carboxylic acids is 2. The van der Waals surface area contributed by atoms with Crippen molar-refractivity contribution in [1.29, 1.82) is 0 Å². The zero-order valence-corrected chi connectivity index (χ0v) is 20.2. The topological polar surface area (TPSA) is 95.9 Å². The third-order valence-electron chi connectivity index (χ3n) is 5.64. The molecule has 174 valence electrons. The molecule has 0 aromatic heterocycles. The first kappa shape index (κ1) is 23.8. The molecular weight excluding hydrogens is 482 g/mol. The van der Waals surface area contributed by atoms with E-state index in [0.29, 0.717) is 10.7 Å². The van der Waals surface area contributed by atoms with Crippen LogP contribution in [0.1, 0.15) is 38.5 Å². The molecular formula is C23H24ClN3O4S2. The van der Waals surface area contributed by atoms with Gasteiger partial charge in [-0.2, -0.15) is 8.42 Å². The summed E-state index contributed by atoms with van der Waals surface area (Å²) in [5.74, 6) is -0.598. The van der Waals surface area contributed by atoms with Gasteiger partial charge in [0.1, 0.15) is 5.25 Å². The van der Waals surface area contributed by atoms with Gasteiger partial charge >= 0.3 is 0 Å². The number of nitrogens with zero attached hydrogens (tertiary/aromatic N) is 2. The first-order valence-corrected chi connectivity index (χ1v) is 13.5. The van der Waals surface area contributed by atoms with Crippen LogP contribution in [0.4, 0.5) is 5.69 Å². The maximum atomic E-state index is 13.3. The Morgan fingerprint density at radius 1 is 1.06 bits per heavy atom. The minimum Gasteiger partial charge on any atom is -0.326 e. The van der Waals surface area contributed by atoms with E-state index in [4.69, 9.17) is 11.6 Å². The lowest BCUT2D eigenvalue weighted by Gasteiger charge is -2.30. The Labute approximate surface area is 202 Å². The van der Waals surface area contributed by atoms with Crippen molar-refractivity contribution < 1.29 is 18.0 Å². The number of carbonyl (C=O) groups is 2. The Kier molecular flexibility index (Phi) is 7.41. The third kappa shape index (κ3) is 5.77. The van der Waals surface area contributed by atoms with E-state index in [2.05, 4.69) is 9.71 Å². The number of amidine groups is 1. The van der Waals surface area contributed by atoms with Crippen LogP contribution in [-0.2, 0) is 19.6 Å². The Morgan fingerprint density at radius 3 is 2.39 bits per heavy atom. The molecule has 0 bridgehead atoms. The van der Waals surface area contributed by atoms with Crippen LogP contribution in [0.15, 0.2) is 63.9 Å². The molecule has 2 fully saturated rings. The molecule has 1 N–H and O–H groups in total. The second kappa shape index (κ2) is 10.3. The van der Waals surface area contributed by atoms with Crippen molar-refractivity contribution in [2.45, 2.75) is 54.7 Å². The van der Waals surface area contributed by atoms with Gasteiger partial charge in [0.2, 0.25) is 11.8 Å². The smallest absolute Gasteiger partial charge is 0.284 e. The number of anilines is 1. The Hall–Kier alpha value is -2.36.